The zero-order valence-corrected chi connectivity index (χ0v) is 19.3. The van der Waals surface area contributed by atoms with Crippen LogP contribution in [0.5, 0.6) is 28.7 Å². The molecule has 0 saturated heterocycles. The van der Waals surface area contributed by atoms with Crippen LogP contribution in [0.25, 0.3) is 6.08 Å². The maximum atomic E-state index is 13.0. The van der Waals surface area contributed by atoms with Crippen LogP contribution in [0.3, 0.4) is 0 Å². The highest BCUT2D eigenvalue weighted by Crippen LogP contribution is 2.38. The van der Waals surface area contributed by atoms with Crippen LogP contribution in [0.15, 0.2) is 60.4 Å². The fourth-order valence-electron chi connectivity index (χ4n) is 3.65. The molecule has 0 aromatic heterocycles. The maximum Gasteiger partial charge on any atom is 0.232 e. The van der Waals surface area contributed by atoms with Gasteiger partial charge in [0.1, 0.15) is 28.7 Å². The summed E-state index contributed by atoms with van der Waals surface area (Å²) in [6, 6.07) is 15.4. The zero-order valence-electron chi connectivity index (χ0n) is 19.3. The molecule has 0 amide bonds. The quantitative estimate of drug-likeness (QED) is 0.349. The molecule has 0 aliphatic carbocycles. The molecule has 0 fully saturated rings. The monoisotopic (exact) mass is 460 g/mol. The van der Waals surface area contributed by atoms with Crippen molar-refractivity contribution in [3.05, 3.63) is 82.6 Å². The number of fused-ring (bicyclic) bond motifs is 1. The van der Waals surface area contributed by atoms with Crippen LogP contribution < -0.4 is 23.7 Å². The number of Topliss-reactive ketones (excluding diaryl/α,β-unsaturated/α-hetero) is 2. The summed E-state index contributed by atoms with van der Waals surface area (Å²) in [5.74, 6) is 2.46. The average molecular weight is 460 g/mol. The smallest absolute Gasteiger partial charge is 0.232 e. The second-order valence-electron chi connectivity index (χ2n) is 7.60. The molecule has 34 heavy (non-hydrogen) atoms. The highest BCUT2D eigenvalue weighted by Gasteiger charge is 2.30. The lowest BCUT2D eigenvalue weighted by atomic mass is 10.0. The molecular formula is C27H24O7. The van der Waals surface area contributed by atoms with E-state index in [0.29, 0.717) is 51.0 Å². The SMILES string of the molecule is COc1ccc(C(=O)COc2cc(C)c3c(c2)O/C(=C\c2ccc(OC)cc2OC)C3=O)cc1. The number of aryl methyl sites for hydroxylation is 1. The maximum absolute atomic E-state index is 13.0. The number of allylic oxidation sites excluding steroid dienone is 1. The molecule has 3 aromatic rings. The van der Waals surface area contributed by atoms with Gasteiger partial charge in [0.25, 0.3) is 0 Å². The molecule has 1 heterocycles. The number of carbonyl (C=O) groups excluding carboxylic acids is 2. The first kappa shape index (κ1) is 22.9. The fourth-order valence-corrected chi connectivity index (χ4v) is 3.65. The minimum atomic E-state index is -0.230. The van der Waals surface area contributed by atoms with Crippen LogP contribution in [0.2, 0.25) is 0 Å². The largest absolute Gasteiger partial charge is 0.497 e. The summed E-state index contributed by atoms with van der Waals surface area (Å²) >= 11 is 0. The van der Waals surface area contributed by atoms with Crippen molar-refractivity contribution in [2.75, 3.05) is 27.9 Å². The summed E-state index contributed by atoms with van der Waals surface area (Å²) in [5.41, 5.74) is 2.36. The van der Waals surface area contributed by atoms with Crippen molar-refractivity contribution in [3.8, 4) is 28.7 Å². The van der Waals surface area contributed by atoms with Gasteiger partial charge in [0.2, 0.25) is 5.78 Å². The second kappa shape index (κ2) is 9.70. The third-order valence-electron chi connectivity index (χ3n) is 5.45. The van der Waals surface area contributed by atoms with Crippen LogP contribution in [0.4, 0.5) is 0 Å². The van der Waals surface area contributed by atoms with Crippen LogP contribution in [0, 0.1) is 6.92 Å². The summed E-state index contributed by atoms with van der Waals surface area (Å²) in [5, 5.41) is 0. The fraction of sp³-hybridized carbons (Fsp3) is 0.185. The summed E-state index contributed by atoms with van der Waals surface area (Å²) in [4.78, 5) is 25.5. The van der Waals surface area contributed by atoms with Gasteiger partial charge in [-0.05, 0) is 61.0 Å². The number of ether oxygens (including phenoxy) is 5. The molecule has 174 valence electrons. The van der Waals surface area contributed by atoms with Crippen LogP contribution in [-0.2, 0) is 0 Å². The molecule has 4 rings (SSSR count). The van der Waals surface area contributed by atoms with Gasteiger partial charge < -0.3 is 23.7 Å². The number of benzene rings is 3. The number of methoxy groups -OCH3 is 3. The summed E-state index contributed by atoms with van der Waals surface area (Å²) in [6.07, 6.45) is 1.63. The molecular weight excluding hydrogens is 436 g/mol. The van der Waals surface area contributed by atoms with E-state index in [1.54, 1.807) is 88.9 Å². The zero-order chi connectivity index (χ0) is 24.2. The Labute approximate surface area is 197 Å². The molecule has 7 nitrogen and oxygen atoms in total. The number of hydrogen-bond donors (Lipinski definition) is 0. The van der Waals surface area contributed by atoms with Gasteiger partial charge in [0.15, 0.2) is 18.1 Å². The number of ketones is 2. The third kappa shape index (κ3) is 4.59. The van der Waals surface area contributed by atoms with Gasteiger partial charge in [-0.15, -0.1) is 0 Å². The van der Waals surface area contributed by atoms with Crippen LogP contribution >= 0.6 is 0 Å². The molecule has 7 heteroatoms. The van der Waals surface area contributed by atoms with Gasteiger partial charge in [-0.1, -0.05) is 0 Å². The van der Waals surface area contributed by atoms with E-state index in [2.05, 4.69) is 0 Å². The molecule has 0 bridgehead atoms. The van der Waals surface area contributed by atoms with Gasteiger partial charge in [0.05, 0.1) is 26.9 Å². The van der Waals surface area contributed by atoms with E-state index < -0.39 is 0 Å². The van der Waals surface area contributed by atoms with Crippen molar-refractivity contribution < 1.29 is 33.3 Å². The molecule has 0 saturated carbocycles. The number of rotatable bonds is 8. The predicted octanol–water partition coefficient (Wildman–Crippen LogP) is 4.90. The molecule has 0 N–H and O–H groups in total. The average Bonchev–Trinajstić information content (AvgIpc) is 3.18. The first-order valence-corrected chi connectivity index (χ1v) is 10.5. The van der Waals surface area contributed by atoms with E-state index in [0.717, 1.165) is 0 Å². The molecule has 0 atom stereocenters. The molecule has 0 unspecified atom stereocenters. The van der Waals surface area contributed by atoms with Crippen molar-refractivity contribution in [2.45, 2.75) is 6.92 Å². The normalized spacial score (nSPS) is 13.3. The Morgan fingerprint density at radius 2 is 1.59 bits per heavy atom. The first-order valence-electron chi connectivity index (χ1n) is 10.5. The van der Waals surface area contributed by atoms with Crippen LogP contribution in [-0.4, -0.2) is 39.5 Å². The Morgan fingerprint density at radius 1 is 0.882 bits per heavy atom. The van der Waals surface area contributed by atoms with E-state index >= 15 is 0 Å². The number of hydrogen-bond acceptors (Lipinski definition) is 7. The van der Waals surface area contributed by atoms with Gasteiger partial charge in [-0.25, -0.2) is 0 Å². The van der Waals surface area contributed by atoms with Crippen molar-refractivity contribution in [1.29, 1.82) is 0 Å². The molecule has 3 aromatic carbocycles. The Kier molecular flexibility index (Phi) is 6.54. The van der Waals surface area contributed by atoms with E-state index in [9.17, 15) is 9.59 Å². The van der Waals surface area contributed by atoms with Crippen molar-refractivity contribution in [3.63, 3.8) is 0 Å². The van der Waals surface area contributed by atoms with Crippen molar-refractivity contribution in [1.82, 2.24) is 0 Å². The Morgan fingerprint density at radius 3 is 2.26 bits per heavy atom. The van der Waals surface area contributed by atoms with Gasteiger partial charge in [-0.2, -0.15) is 0 Å². The van der Waals surface area contributed by atoms with Crippen molar-refractivity contribution >= 4 is 17.6 Å². The minimum absolute atomic E-state index is 0.149. The second-order valence-corrected chi connectivity index (χ2v) is 7.60. The Hall–Kier alpha value is -4.26. The lowest BCUT2D eigenvalue weighted by molar-refractivity contribution is 0.0920. The highest BCUT2D eigenvalue weighted by atomic mass is 16.5. The van der Waals surface area contributed by atoms with Gasteiger partial charge in [-0.3, -0.25) is 9.59 Å². The Bertz CT molecular complexity index is 1270. The standard InChI is InChI=1S/C27H24O7/c1-16-11-21(33-15-22(28)17-5-8-19(30-2)9-6-17)14-24-26(16)27(29)25(34-24)12-18-7-10-20(31-3)13-23(18)32-4/h5-14H,15H2,1-4H3/b25-12-. The molecule has 0 spiro atoms. The van der Waals surface area contributed by atoms with E-state index in [1.165, 1.54) is 0 Å². The van der Waals surface area contributed by atoms with E-state index in [1.807, 2.05) is 0 Å². The van der Waals surface area contributed by atoms with Gasteiger partial charge >= 0.3 is 0 Å². The summed E-state index contributed by atoms with van der Waals surface area (Å²) in [6.45, 7) is 1.65. The molecule has 0 radical (unpaired) electrons. The summed E-state index contributed by atoms with van der Waals surface area (Å²) < 4.78 is 27.3. The van der Waals surface area contributed by atoms with Crippen molar-refractivity contribution in [2.24, 2.45) is 0 Å². The molecule has 1 aliphatic rings. The number of carbonyl (C=O) groups is 2. The first-order chi connectivity index (χ1) is 16.4. The highest BCUT2D eigenvalue weighted by molar-refractivity contribution is 6.15. The summed E-state index contributed by atoms with van der Waals surface area (Å²) in [7, 11) is 4.68. The van der Waals surface area contributed by atoms with E-state index in [-0.39, 0.29) is 23.9 Å². The van der Waals surface area contributed by atoms with Gasteiger partial charge in [0, 0.05) is 23.3 Å². The predicted molar refractivity (Wildman–Crippen MR) is 126 cm³/mol. The minimum Gasteiger partial charge on any atom is -0.497 e. The lowest BCUT2D eigenvalue weighted by Crippen LogP contribution is -2.11. The van der Waals surface area contributed by atoms with Crippen LogP contribution in [0.1, 0.15) is 31.8 Å². The lowest BCUT2D eigenvalue weighted by Gasteiger charge is -2.09. The molecule has 1 aliphatic heterocycles. The third-order valence-corrected chi connectivity index (χ3v) is 5.45. The topological polar surface area (TPSA) is 80.3 Å². The van der Waals surface area contributed by atoms with E-state index in [4.69, 9.17) is 23.7 Å². The Balaban J connectivity index is 1.52.